The fraction of sp³-hybridized carbons (Fsp3) is 0.733. The second kappa shape index (κ2) is 5.76. The van der Waals surface area contributed by atoms with Gasteiger partial charge in [-0.25, -0.2) is 9.97 Å². The third-order valence-electron chi connectivity index (χ3n) is 3.42. The summed E-state index contributed by atoms with van der Waals surface area (Å²) >= 11 is 0. The standard InChI is InChI=1S/C15H28N4/c1-9(2)11(4)17-13-10(3)12(16-8)18-14(19-13)15(5,6)7/h9,11H,1-8H3,(H2,16,17,18,19). The summed E-state index contributed by atoms with van der Waals surface area (Å²) in [6.45, 7) is 15.0. The molecule has 0 bridgehead atoms. The predicted octanol–water partition coefficient (Wildman–Crippen LogP) is 3.58. The van der Waals surface area contributed by atoms with Crippen molar-refractivity contribution in [1.29, 1.82) is 0 Å². The molecule has 0 amide bonds. The van der Waals surface area contributed by atoms with Crippen LogP contribution in [0.4, 0.5) is 11.6 Å². The van der Waals surface area contributed by atoms with E-state index in [4.69, 9.17) is 4.98 Å². The normalized spacial score (nSPS) is 13.5. The highest BCUT2D eigenvalue weighted by Crippen LogP contribution is 2.26. The molecule has 1 rings (SSSR count). The van der Waals surface area contributed by atoms with E-state index in [9.17, 15) is 0 Å². The maximum Gasteiger partial charge on any atom is 0.138 e. The first-order valence-electron chi connectivity index (χ1n) is 7.00. The molecule has 0 saturated heterocycles. The number of nitrogens with zero attached hydrogens (tertiary/aromatic N) is 2. The number of hydrogen-bond acceptors (Lipinski definition) is 4. The summed E-state index contributed by atoms with van der Waals surface area (Å²) in [5, 5.41) is 6.67. The Morgan fingerprint density at radius 2 is 1.53 bits per heavy atom. The van der Waals surface area contributed by atoms with E-state index >= 15 is 0 Å². The summed E-state index contributed by atoms with van der Waals surface area (Å²) in [6, 6.07) is 0.381. The van der Waals surface area contributed by atoms with Crippen molar-refractivity contribution in [3.63, 3.8) is 0 Å². The van der Waals surface area contributed by atoms with Crippen molar-refractivity contribution >= 4 is 11.6 Å². The number of anilines is 2. The Bertz CT molecular complexity index is 433. The minimum Gasteiger partial charge on any atom is -0.373 e. The van der Waals surface area contributed by atoms with Gasteiger partial charge in [0.25, 0.3) is 0 Å². The lowest BCUT2D eigenvalue weighted by Gasteiger charge is -2.24. The molecule has 108 valence electrons. The first-order chi connectivity index (χ1) is 8.66. The largest absolute Gasteiger partial charge is 0.373 e. The van der Waals surface area contributed by atoms with Gasteiger partial charge in [-0.15, -0.1) is 0 Å². The van der Waals surface area contributed by atoms with Crippen LogP contribution < -0.4 is 10.6 Å². The average Bonchev–Trinajstić information content (AvgIpc) is 2.29. The molecule has 0 aliphatic rings. The van der Waals surface area contributed by atoms with Crippen LogP contribution in [0.5, 0.6) is 0 Å². The van der Waals surface area contributed by atoms with Crippen LogP contribution in [0.2, 0.25) is 0 Å². The van der Waals surface area contributed by atoms with Crippen LogP contribution in [0.3, 0.4) is 0 Å². The molecule has 2 N–H and O–H groups in total. The van der Waals surface area contributed by atoms with Crippen LogP contribution in [0, 0.1) is 12.8 Å². The van der Waals surface area contributed by atoms with E-state index in [-0.39, 0.29) is 5.41 Å². The van der Waals surface area contributed by atoms with E-state index in [0.29, 0.717) is 12.0 Å². The summed E-state index contributed by atoms with van der Waals surface area (Å²) in [5.74, 6) is 3.26. The van der Waals surface area contributed by atoms with E-state index in [1.165, 1.54) is 0 Å². The molecule has 0 fully saturated rings. The Kier molecular flexibility index (Phi) is 4.77. The molecule has 0 spiro atoms. The van der Waals surface area contributed by atoms with Crippen LogP contribution in [0.15, 0.2) is 0 Å². The number of hydrogen-bond donors (Lipinski definition) is 2. The van der Waals surface area contributed by atoms with Crippen LogP contribution in [-0.2, 0) is 5.41 Å². The van der Waals surface area contributed by atoms with Crippen molar-refractivity contribution < 1.29 is 0 Å². The Morgan fingerprint density at radius 1 is 1.00 bits per heavy atom. The van der Waals surface area contributed by atoms with Gasteiger partial charge >= 0.3 is 0 Å². The van der Waals surface area contributed by atoms with E-state index < -0.39 is 0 Å². The molecule has 0 aromatic carbocycles. The van der Waals surface area contributed by atoms with Crippen LogP contribution >= 0.6 is 0 Å². The smallest absolute Gasteiger partial charge is 0.138 e. The first kappa shape index (κ1) is 15.7. The van der Waals surface area contributed by atoms with Crippen LogP contribution in [0.25, 0.3) is 0 Å². The first-order valence-corrected chi connectivity index (χ1v) is 7.00. The van der Waals surface area contributed by atoms with E-state index in [1.807, 2.05) is 14.0 Å². The number of aromatic nitrogens is 2. The van der Waals surface area contributed by atoms with Gasteiger partial charge in [-0.3, -0.25) is 0 Å². The lowest BCUT2D eigenvalue weighted by Crippen LogP contribution is -2.25. The molecular formula is C15H28N4. The highest BCUT2D eigenvalue weighted by Gasteiger charge is 2.21. The molecule has 0 aliphatic carbocycles. The molecular weight excluding hydrogens is 236 g/mol. The minimum atomic E-state index is -0.0587. The van der Waals surface area contributed by atoms with Crippen LogP contribution in [0.1, 0.15) is 52.9 Å². The second-order valence-corrected chi connectivity index (χ2v) is 6.55. The maximum absolute atomic E-state index is 4.71. The fourth-order valence-corrected chi connectivity index (χ4v) is 1.62. The maximum atomic E-state index is 4.71. The molecule has 1 aromatic heterocycles. The van der Waals surface area contributed by atoms with Gasteiger partial charge in [-0.2, -0.15) is 0 Å². The zero-order valence-corrected chi connectivity index (χ0v) is 13.5. The molecule has 1 aromatic rings. The number of nitrogens with one attached hydrogen (secondary N) is 2. The van der Waals surface area contributed by atoms with Crippen molar-refractivity contribution in [3.8, 4) is 0 Å². The Labute approximate surface area is 117 Å². The highest BCUT2D eigenvalue weighted by atomic mass is 15.1. The van der Waals surface area contributed by atoms with Crippen molar-refractivity contribution in [2.45, 2.75) is 59.9 Å². The van der Waals surface area contributed by atoms with Crippen molar-refractivity contribution in [3.05, 3.63) is 11.4 Å². The van der Waals surface area contributed by atoms with Gasteiger partial charge in [0, 0.05) is 24.1 Å². The summed E-state index contributed by atoms with van der Waals surface area (Å²) < 4.78 is 0. The molecule has 1 unspecified atom stereocenters. The average molecular weight is 264 g/mol. The topological polar surface area (TPSA) is 49.8 Å². The second-order valence-electron chi connectivity index (χ2n) is 6.55. The summed E-state index contributed by atoms with van der Waals surface area (Å²) in [7, 11) is 1.90. The zero-order valence-electron chi connectivity index (χ0n) is 13.5. The molecule has 4 nitrogen and oxygen atoms in total. The van der Waals surface area contributed by atoms with Gasteiger partial charge in [-0.1, -0.05) is 34.6 Å². The molecule has 19 heavy (non-hydrogen) atoms. The quantitative estimate of drug-likeness (QED) is 0.872. The van der Waals surface area contributed by atoms with E-state index in [2.05, 4.69) is 57.2 Å². The Balaban J connectivity index is 3.22. The SMILES string of the molecule is CNc1nc(C(C)(C)C)nc(NC(C)C(C)C)c1C. The van der Waals surface area contributed by atoms with E-state index in [0.717, 1.165) is 23.0 Å². The molecule has 0 saturated carbocycles. The zero-order chi connectivity index (χ0) is 14.8. The summed E-state index contributed by atoms with van der Waals surface area (Å²) in [6.07, 6.45) is 0. The predicted molar refractivity (Wildman–Crippen MR) is 82.9 cm³/mol. The lowest BCUT2D eigenvalue weighted by atomic mass is 9.95. The van der Waals surface area contributed by atoms with Crippen LogP contribution in [-0.4, -0.2) is 23.1 Å². The highest BCUT2D eigenvalue weighted by molar-refractivity contribution is 5.57. The fourth-order valence-electron chi connectivity index (χ4n) is 1.62. The lowest BCUT2D eigenvalue weighted by molar-refractivity contribution is 0.538. The van der Waals surface area contributed by atoms with Gasteiger partial charge in [-0.05, 0) is 19.8 Å². The van der Waals surface area contributed by atoms with Gasteiger partial charge in [0.1, 0.15) is 17.5 Å². The monoisotopic (exact) mass is 264 g/mol. The minimum absolute atomic E-state index is 0.0587. The molecule has 1 heterocycles. The van der Waals surface area contributed by atoms with Gasteiger partial charge in [0.05, 0.1) is 0 Å². The van der Waals surface area contributed by atoms with Gasteiger partial charge < -0.3 is 10.6 Å². The number of rotatable bonds is 4. The molecule has 1 atom stereocenters. The Morgan fingerprint density at radius 3 is 1.95 bits per heavy atom. The van der Waals surface area contributed by atoms with Crippen molar-refractivity contribution in [2.24, 2.45) is 5.92 Å². The third kappa shape index (κ3) is 3.82. The van der Waals surface area contributed by atoms with Gasteiger partial charge in [0.15, 0.2) is 0 Å². The van der Waals surface area contributed by atoms with Gasteiger partial charge in [0.2, 0.25) is 0 Å². The summed E-state index contributed by atoms with van der Waals surface area (Å²) in [5.41, 5.74) is 1.01. The third-order valence-corrected chi connectivity index (χ3v) is 3.42. The van der Waals surface area contributed by atoms with E-state index in [1.54, 1.807) is 0 Å². The van der Waals surface area contributed by atoms with Crippen molar-refractivity contribution in [1.82, 2.24) is 9.97 Å². The van der Waals surface area contributed by atoms with Crippen molar-refractivity contribution in [2.75, 3.05) is 17.7 Å². The molecule has 0 aliphatic heterocycles. The Hall–Kier alpha value is -1.32. The summed E-state index contributed by atoms with van der Waals surface area (Å²) in [4.78, 5) is 9.32. The molecule has 4 heteroatoms. The molecule has 0 radical (unpaired) electrons.